The Morgan fingerprint density at radius 3 is 2.22 bits per heavy atom. The van der Waals surface area contributed by atoms with E-state index in [1.54, 1.807) is 0 Å². The lowest BCUT2D eigenvalue weighted by atomic mass is 9.85. The standard InChI is InChI=1S/C18H30N2O2S/c1-13-10-14(2)18(15(3)11-13)23(21,22)19-17-9-7-6-8-16(17)12-20(4)5/h10-11,16-17,19H,6-9,12H2,1-5H3. The van der Waals surface area contributed by atoms with Crippen molar-refractivity contribution in [3.05, 3.63) is 28.8 Å². The van der Waals surface area contributed by atoms with Crippen LogP contribution in [0.2, 0.25) is 0 Å². The van der Waals surface area contributed by atoms with Gasteiger partial charge in [-0.15, -0.1) is 0 Å². The summed E-state index contributed by atoms with van der Waals surface area (Å²) in [5, 5.41) is 0. The quantitative estimate of drug-likeness (QED) is 0.898. The van der Waals surface area contributed by atoms with Crippen LogP contribution in [0.3, 0.4) is 0 Å². The van der Waals surface area contributed by atoms with E-state index in [2.05, 4.69) is 23.7 Å². The Balaban J connectivity index is 2.26. The van der Waals surface area contributed by atoms with Gasteiger partial charge in [-0.1, -0.05) is 30.5 Å². The second-order valence-electron chi connectivity index (χ2n) is 7.26. The predicted octanol–water partition coefficient (Wildman–Crippen LogP) is 3.01. The van der Waals surface area contributed by atoms with Crippen molar-refractivity contribution in [1.29, 1.82) is 0 Å². The number of nitrogens with one attached hydrogen (secondary N) is 1. The molecular weight excluding hydrogens is 308 g/mol. The lowest BCUT2D eigenvalue weighted by Gasteiger charge is -2.34. The zero-order valence-electron chi connectivity index (χ0n) is 15.0. The lowest BCUT2D eigenvalue weighted by molar-refractivity contribution is 0.224. The summed E-state index contributed by atoms with van der Waals surface area (Å²) in [6.45, 7) is 6.69. The van der Waals surface area contributed by atoms with Gasteiger partial charge in [0.15, 0.2) is 0 Å². The molecule has 1 aliphatic rings. The Labute approximate surface area is 141 Å². The number of aryl methyl sites for hydroxylation is 3. The summed E-state index contributed by atoms with van der Waals surface area (Å²) < 4.78 is 28.9. The molecule has 0 heterocycles. The van der Waals surface area contributed by atoms with E-state index in [9.17, 15) is 8.42 Å². The highest BCUT2D eigenvalue weighted by Gasteiger charge is 2.31. The van der Waals surface area contributed by atoms with Gasteiger partial charge < -0.3 is 4.90 Å². The van der Waals surface area contributed by atoms with Crippen LogP contribution in [0.15, 0.2) is 17.0 Å². The Morgan fingerprint density at radius 1 is 1.09 bits per heavy atom. The van der Waals surface area contributed by atoms with Crippen molar-refractivity contribution >= 4 is 10.0 Å². The molecular formula is C18H30N2O2S. The molecule has 0 aromatic heterocycles. The molecule has 130 valence electrons. The molecule has 2 atom stereocenters. The number of hydrogen-bond donors (Lipinski definition) is 1. The second-order valence-corrected chi connectivity index (χ2v) is 8.91. The Morgan fingerprint density at radius 2 is 1.65 bits per heavy atom. The van der Waals surface area contributed by atoms with E-state index in [4.69, 9.17) is 0 Å². The first-order chi connectivity index (χ1) is 10.7. The average Bonchev–Trinajstić information content (AvgIpc) is 2.38. The number of sulfonamides is 1. The van der Waals surface area contributed by atoms with Crippen LogP contribution in [-0.4, -0.2) is 40.0 Å². The van der Waals surface area contributed by atoms with Crippen molar-refractivity contribution in [2.75, 3.05) is 20.6 Å². The molecule has 2 unspecified atom stereocenters. The topological polar surface area (TPSA) is 49.4 Å². The maximum Gasteiger partial charge on any atom is 0.241 e. The van der Waals surface area contributed by atoms with Crippen LogP contribution in [0.4, 0.5) is 0 Å². The molecule has 2 rings (SSSR count). The molecule has 0 radical (unpaired) electrons. The van der Waals surface area contributed by atoms with Gasteiger partial charge in [0.1, 0.15) is 0 Å². The Hall–Kier alpha value is -0.910. The summed E-state index contributed by atoms with van der Waals surface area (Å²) in [7, 11) is 0.625. The molecule has 1 aliphatic carbocycles. The average molecular weight is 339 g/mol. The summed E-state index contributed by atoms with van der Waals surface area (Å²) in [6.07, 6.45) is 4.32. The van der Waals surface area contributed by atoms with Gasteiger partial charge in [-0.2, -0.15) is 0 Å². The summed E-state index contributed by atoms with van der Waals surface area (Å²) in [6, 6.07) is 3.93. The molecule has 1 fully saturated rings. The number of nitrogens with zero attached hydrogens (tertiary/aromatic N) is 1. The summed E-state index contributed by atoms with van der Waals surface area (Å²) >= 11 is 0. The van der Waals surface area contributed by atoms with Gasteiger partial charge in [0.05, 0.1) is 4.90 Å². The molecule has 1 aromatic rings. The van der Waals surface area contributed by atoms with Gasteiger partial charge in [0, 0.05) is 12.6 Å². The van der Waals surface area contributed by atoms with E-state index in [0.717, 1.165) is 42.5 Å². The maximum absolute atomic E-state index is 13.0. The van der Waals surface area contributed by atoms with E-state index < -0.39 is 10.0 Å². The zero-order chi connectivity index (χ0) is 17.2. The predicted molar refractivity (Wildman–Crippen MR) is 95.3 cm³/mol. The van der Waals surface area contributed by atoms with Gasteiger partial charge in [-0.05, 0) is 64.8 Å². The lowest BCUT2D eigenvalue weighted by Crippen LogP contribution is -2.45. The monoisotopic (exact) mass is 338 g/mol. The number of benzene rings is 1. The molecule has 0 bridgehead atoms. The van der Waals surface area contributed by atoms with Gasteiger partial charge >= 0.3 is 0 Å². The van der Waals surface area contributed by atoms with E-state index in [0.29, 0.717) is 10.8 Å². The molecule has 1 N–H and O–H groups in total. The highest BCUT2D eigenvalue weighted by atomic mass is 32.2. The van der Waals surface area contributed by atoms with Crippen molar-refractivity contribution in [2.24, 2.45) is 5.92 Å². The molecule has 5 heteroatoms. The molecule has 0 saturated heterocycles. The fourth-order valence-corrected chi connectivity index (χ4v) is 5.69. The second kappa shape index (κ2) is 7.32. The van der Waals surface area contributed by atoms with Crippen molar-refractivity contribution < 1.29 is 8.42 Å². The number of rotatable bonds is 5. The molecule has 0 amide bonds. The van der Waals surface area contributed by atoms with Crippen molar-refractivity contribution in [3.8, 4) is 0 Å². The first-order valence-corrected chi connectivity index (χ1v) is 9.94. The van der Waals surface area contributed by atoms with Crippen LogP contribution in [0.25, 0.3) is 0 Å². The van der Waals surface area contributed by atoms with Crippen LogP contribution in [-0.2, 0) is 10.0 Å². The molecule has 4 nitrogen and oxygen atoms in total. The maximum atomic E-state index is 13.0. The highest BCUT2D eigenvalue weighted by Crippen LogP contribution is 2.28. The zero-order valence-corrected chi connectivity index (χ0v) is 15.8. The Bertz CT molecular complexity index is 630. The minimum atomic E-state index is -3.48. The van der Waals surface area contributed by atoms with E-state index in [1.165, 1.54) is 6.42 Å². The Kier molecular flexibility index (Phi) is 5.87. The van der Waals surface area contributed by atoms with Crippen LogP contribution < -0.4 is 4.72 Å². The minimum absolute atomic E-state index is 0.0382. The highest BCUT2D eigenvalue weighted by molar-refractivity contribution is 7.89. The van der Waals surface area contributed by atoms with Crippen molar-refractivity contribution in [3.63, 3.8) is 0 Å². The van der Waals surface area contributed by atoms with Crippen LogP contribution in [0.1, 0.15) is 42.4 Å². The minimum Gasteiger partial charge on any atom is -0.309 e. The smallest absolute Gasteiger partial charge is 0.241 e. The third-order valence-electron chi connectivity index (χ3n) is 4.69. The van der Waals surface area contributed by atoms with Crippen LogP contribution >= 0.6 is 0 Å². The van der Waals surface area contributed by atoms with Gasteiger partial charge in [0.25, 0.3) is 0 Å². The van der Waals surface area contributed by atoms with E-state index in [-0.39, 0.29) is 6.04 Å². The van der Waals surface area contributed by atoms with Gasteiger partial charge in [0.2, 0.25) is 10.0 Å². The summed E-state index contributed by atoms with van der Waals surface area (Å²) in [4.78, 5) is 2.61. The van der Waals surface area contributed by atoms with E-state index in [1.807, 2.05) is 32.9 Å². The SMILES string of the molecule is Cc1cc(C)c(S(=O)(=O)NC2CCCCC2CN(C)C)c(C)c1. The van der Waals surface area contributed by atoms with Gasteiger partial charge in [-0.25, -0.2) is 13.1 Å². The fourth-order valence-electron chi connectivity index (χ4n) is 3.90. The van der Waals surface area contributed by atoms with Crippen LogP contribution in [0, 0.1) is 26.7 Å². The van der Waals surface area contributed by atoms with Crippen LogP contribution in [0.5, 0.6) is 0 Å². The molecule has 0 spiro atoms. The first-order valence-electron chi connectivity index (χ1n) is 8.45. The third-order valence-corrected chi connectivity index (χ3v) is 6.48. The summed E-state index contributed by atoms with van der Waals surface area (Å²) in [5.41, 5.74) is 2.76. The summed E-state index contributed by atoms with van der Waals surface area (Å²) in [5.74, 6) is 0.389. The molecule has 0 aliphatic heterocycles. The largest absolute Gasteiger partial charge is 0.309 e. The number of hydrogen-bond acceptors (Lipinski definition) is 3. The van der Waals surface area contributed by atoms with Crippen molar-refractivity contribution in [1.82, 2.24) is 9.62 Å². The van der Waals surface area contributed by atoms with Gasteiger partial charge in [-0.3, -0.25) is 0 Å². The first kappa shape index (κ1) is 18.4. The molecule has 1 saturated carbocycles. The molecule has 1 aromatic carbocycles. The normalized spacial score (nSPS) is 22.5. The third kappa shape index (κ3) is 4.55. The fraction of sp³-hybridized carbons (Fsp3) is 0.667. The van der Waals surface area contributed by atoms with Crippen molar-refractivity contribution in [2.45, 2.75) is 57.4 Å². The molecule has 23 heavy (non-hydrogen) atoms. The van der Waals surface area contributed by atoms with E-state index >= 15 is 0 Å².